The lowest BCUT2D eigenvalue weighted by Crippen LogP contribution is -2.43. The SMILES string of the molecule is CCCCC/C=C/C=C/C(CCCCCCCC(=O)OC(CC(=O)O)C[N+](C)(C)C)OO. The third-order valence-corrected chi connectivity index (χ3v) is 5.00. The van der Waals surface area contributed by atoms with Crippen molar-refractivity contribution in [2.24, 2.45) is 0 Å². The van der Waals surface area contributed by atoms with Crippen molar-refractivity contribution in [2.75, 3.05) is 27.7 Å². The van der Waals surface area contributed by atoms with Crippen LogP contribution in [0.3, 0.4) is 0 Å². The molecule has 0 heterocycles. The molecule has 2 N–H and O–H groups in total. The molecule has 2 atom stereocenters. The van der Waals surface area contributed by atoms with E-state index in [2.05, 4.69) is 17.9 Å². The number of aliphatic carboxylic acids is 1. The molecule has 0 aromatic rings. The number of likely N-dealkylation sites (N-methyl/N-ethyl adjacent to an activating group) is 1. The lowest BCUT2D eigenvalue weighted by molar-refractivity contribution is -0.873. The molecule has 0 aromatic carbocycles. The maximum absolute atomic E-state index is 12.1. The van der Waals surface area contributed by atoms with Gasteiger partial charge in [-0.05, 0) is 25.7 Å². The highest BCUT2D eigenvalue weighted by atomic mass is 17.1. The first-order valence-electron chi connectivity index (χ1n) is 12.0. The van der Waals surface area contributed by atoms with Gasteiger partial charge in [0.2, 0.25) is 0 Å². The van der Waals surface area contributed by atoms with Crippen LogP contribution in [0.15, 0.2) is 24.3 Å². The van der Waals surface area contributed by atoms with Gasteiger partial charge in [-0.1, -0.05) is 69.8 Å². The number of carboxylic acids is 1. The van der Waals surface area contributed by atoms with E-state index < -0.39 is 12.1 Å². The molecule has 7 nitrogen and oxygen atoms in total. The molecule has 0 aliphatic rings. The molecule has 0 saturated carbocycles. The Hall–Kier alpha value is -1.70. The molecular weight excluding hydrogens is 410 g/mol. The summed E-state index contributed by atoms with van der Waals surface area (Å²) >= 11 is 0. The summed E-state index contributed by atoms with van der Waals surface area (Å²) < 4.78 is 5.93. The average molecular weight is 457 g/mol. The van der Waals surface area contributed by atoms with Crippen LogP contribution in [0.4, 0.5) is 0 Å². The lowest BCUT2D eigenvalue weighted by Gasteiger charge is -2.28. The molecule has 0 radical (unpaired) electrons. The Morgan fingerprint density at radius 2 is 1.66 bits per heavy atom. The highest BCUT2D eigenvalue weighted by Crippen LogP contribution is 2.13. The zero-order chi connectivity index (χ0) is 24.2. The smallest absolute Gasteiger partial charge is 0.307 e. The number of hydrogen-bond acceptors (Lipinski definition) is 5. The molecule has 0 fully saturated rings. The molecular formula is C25H46NO6+. The van der Waals surface area contributed by atoms with Gasteiger partial charge >= 0.3 is 11.9 Å². The molecule has 0 spiro atoms. The summed E-state index contributed by atoms with van der Waals surface area (Å²) in [7, 11) is 5.82. The number of carbonyl (C=O) groups is 2. The van der Waals surface area contributed by atoms with Crippen molar-refractivity contribution in [3.8, 4) is 0 Å². The molecule has 0 aliphatic carbocycles. The molecule has 32 heavy (non-hydrogen) atoms. The largest absolute Gasteiger partial charge is 0.481 e. The van der Waals surface area contributed by atoms with Crippen molar-refractivity contribution in [3.05, 3.63) is 24.3 Å². The molecule has 186 valence electrons. The van der Waals surface area contributed by atoms with Gasteiger partial charge in [-0.25, -0.2) is 4.89 Å². The second-order valence-corrected chi connectivity index (χ2v) is 9.44. The zero-order valence-electron chi connectivity index (χ0n) is 20.6. The number of unbranched alkanes of at least 4 members (excludes halogenated alkanes) is 7. The Morgan fingerprint density at radius 3 is 2.28 bits per heavy atom. The quantitative estimate of drug-likeness (QED) is 0.0640. The van der Waals surface area contributed by atoms with Gasteiger partial charge < -0.3 is 14.3 Å². The Morgan fingerprint density at radius 1 is 0.969 bits per heavy atom. The predicted octanol–water partition coefficient (Wildman–Crippen LogP) is 5.36. The minimum Gasteiger partial charge on any atom is -0.481 e. The lowest BCUT2D eigenvalue weighted by atomic mass is 10.1. The number of nitrogens with zero attached hydrogens (tertiary/aromatic N) is 1. The van der Waals surface area contributed by atoms with E-state index in [-0.39, 0.29) is 18.5 Å². The normalized spacial score (nSPS) is 14.2. The number of carboxylic acid groups (broad SMARTS) is 1. The number of ether oxygens (including phenoxy) is 1. The van der Waals surface area contributed by atoms with Gasteiger partial charge in [-0.3, -0.25) is 14.8 Å². The Balaban J connectivity index is 3.95. The van der Waals surface area contributed by atoms with Crippen molar-refractivity contribution < 1.29 is 34.1 Å². The Labute approximate surface area is 194 Å². The highest BCUT2D eigenvalue weighted by molar-refractivity contribution is 5.71. The van der Waals surface area contributed by atoms with E-state index in [0.29, 0.717) is 17.4 Å². The predicted molar refractivity (Wildman–Crippen MR) is 127 cm³/mol. The fraction of sp³-hybridized carbons (Fsp3) is 0.760. The summed E-state index contributed by atoms with van der Waals surface area (Å²) in [5, 5.41) is 18.0. The van der Waals surface area contributed by atoms with Gasteiger partial charge in [0.15, 0.2) is 6.10 Å². The summed E-state index contributed by atoms with van der Waals surface area (Å²) in [6.45, 7) is 2.66. The van der Waals surface area contributed by atoms with E-state index in [1.54, 1.807) is 0 Å². The van der Waals surface area contributed by atoms with Crippen LogP contribution in [0.1, 0.15) is 84.0 Å². The minimum atomic E-state index is -0.959. The number of quaternary nitrogens is 1. The molecule has 7 heteroatoms. The third-order valence-electron chi connectivity index (χ3n) is 5.00. The summed E-state index contributed by atoms with van der Waals surface area (Å²) in [4.78, 5) is 27.6. The molecule has 0 aliphatic heterocycles. The Kier molecular flexibility index (Phi) is 17.8. The first kappa shape index (κ1) is 30.3. The minimum absolute atomic E-state index is 0.168. The van der Waals surface area contributed by atoms with Crippen LogP contribution in [0.5, 0.6) is 0 Å². The van der Waals surface area contributed by atoms with Gasteiger partial charge in [0.25, 0.3) is 0 Å². The van der Waals surface area contributed by atoms with Gasteiger partial charge in [0.05, 0.1) is 27.6 Å². The van der Waals surface area contributed by atoms with Crippen LogP contribution in [-0.2, 0) is 19.2 Å². The van der Waals surface area contributed by atoms with Crippen molar-refractivity contribution in [1.29, 1.82) is 0 Å². The summed E-state index contributed by atoms with van der Waals surface area (Å²) in [5.41, 5.74) is 0. The zero-order valence-corrected chi connectivity index (χ0v) is 20.6. The van der Waals surface area contributed by atoms with Crippen LogP contribution in [-0.4, -0.2) is 66.7 Å². The number of rotatable bonds is 20. The van der Waals surface area contributed by atoms with Crippen molar-refractivity contribution in [1.82, 2.24) is 0 Å². The topological polar surface area (TPSA) is 93.1 Å². The number of esters is 1. The van der Waals surface area contributed by atoms with Crippen LogP contribution in [0.2, 0.25) is 0 Å². The first-order chi connectivity index (χ1) is 15.2. The number of allylic oxidation sites excluding steroid dienone is 3. The van der Waals surface area contributed by atoms with Crippen LogP contribution in [0.25, 0.3) is 0 Å². The van der Waals surface area contributed by atoms with Gasteiger partial charge in [0, 0.05) is 6.42 Å². The fourth-order valence-corrected chi connectivity index (χ4v) is 3.40. The Bertz CT molecular complexity index is 553. The fourth-order valence-electron chi connectivity index (χ4n) is 3.40. The molecule has 0 aromatic heterocycles. The third kappa shape index (κ3) is 20.2. The number of hydrogen-bond donors (Lipinski definition) is 2. The van der Waals surface area contributed by atoms with E-state index in [4.69, 9.17) is 15.1 Å². The first-order valence-corrected chi connectivity index (χ1v) is 12.0. The van der Waals surface area contributed by atoms with Crippen molar-refractivity contribution in [2.45, 2.75) is 96.2 Å². The van der Waals surface area contributed by atoms with E-state index >= 15 is 0 Å². The molecule has 0 amide bonds. The summed E-state index contributed by atoms with van der Waals surface area (Å²) in [6, 6.07) is 0. The van der Waals surface area contributed by atoms with Gasteiger partial charge in [0.1, 0.15) is 12.6 Å². The average Bonchev–Trinajstić information content (AvgIpc) is 2.68. The molecule has 0 saturated heterocycles. The van der Waals surface area contributed by atoms with E-state index in [1.165, 1.54) is 19.3 Å². The van der Waals surface area contributed by atoms with Gasteiger partial charge in [-0.15, -0.1) is 0 Å². The van der Waals surface area contributed by atoms with E-state index in [1.807, 2.05) is 39.4 Å². The highest BCUT2D eigenvalue weighted by Gasteiger charge is 2.24. The number of carbonyl (C=O) groups excluding carboxylic acids is 1. The summed E-state index contributed by atoms with van der Waals surface area (Å²) in [5.74, 6) is -1.29. The summed E-state index contributed by atoms with van der Waals surface area (Å²) in [6.07, 6.45) is 17.2. The molecule has 2 unspecified atom stereocenters. The van der Waals surface area contributed by atoms with Crippen LogP contribution >= 0.6 is 0 Å². The molecule has 0 bridgehead atoms. The monoisotopic (exact) mass is 456 g/mol. The van der Waals surface area contributed by atoms with Crippen molar-refractivity contribution in [3.63, 3.8) is 0 Å². The van der Waals surface area contributed by atoms with Gasteiger partial charge in [-0.2, -0.15) is 0 Å². The molecule has 0 rings (SSSR count). The maximum Gasteiger partial charge on any atom is 0.307 e. The van der Waals surface area contributed by atoms with E-state index in [9.17, 15) is 9.59 Å². The second-order valence-electron chi connectivity index (χ2n) is 9.44. The maximum atomic E-state index is 12.1. The van der Waals surface area contributed by atoms with Crippen LogP contribution in [0, 0.1) is 0 Å². The van der Waals surface area contributed by atoms with Crippen LogP contribution < -0.4 is 0 Å². The van der Waals surface area contributed by atoms with E-state index in [0.717, 1.165) is 44.9 Å². The van der Waals surface area contributed by atoms with Crippen molar-refractivity contribution >= 4 is 11.9 Å². The standard InChI is InChI=1S/C25H45NO6/c1-5-6-7-8-9-11-14-17-22(32-30)18-15-12-10-13-16-19-25(29)31-23(20-24(27)28)21-26(2,3)4/h9,11,14,17,22-23H,5-8,10,12-13,15-16,18-21H2,1-4H3,(H-,27,28,30)/p+1/b11-9+,17-14+. The second kappa shape index (κ2) is 18.8.